The van der Waals surface area contributed by atoms with Crippen molar-refractivity contribution in [3.8, 4) is 0 Å². The standard InChI is InChI=1S/C12H14FN3O3/c1-15(10-2-3-14-7-10)12(17)8-4-9(13)6-11(5-8)16(18)19/h4-6,10,14H,2-3,7H2,1H3. The van der Waals surface area contributed by atoms with E-state index in [1.807, 2.05) is 0 Å². The molecule has 1 aromatic rings. The third kappa shape index (κ3) is 2.87. The Balaban J connectivity index is 2.25. The summed E-state index contributed by atoms with van der Waals surface area (Å²) in [5.41, 5.74) is -0.414. The van der Waals surface area contributed by atoms with Gasteiger partial charge in [-0.05, 0) is 19.0 Å². The predicted octanol–water partition coefficient (Wildman–Crippen LogP) is 1.17. The Morgan fingerprint density at radius 3 is 2.84 bits per heavy atom. The van der Waals surface area contributed by atoms with Crippen molar-refractivity contribution in [3.63, 3.8) is 0 Å². The molecule has 19 heavy (non-hydrogen) atoms. The molecule has 1 aliphatic rings. The van der Waals surface area contributed by atoms with Gasteiger partial charge in [0.05, 0.1) is 11.0 Å². The highest BCUT2D eigenvalue weighted by Crippen LogP contribution is 2.19. The van der Waals surface area contributed by atoms with Crippen LogP contribution in [0.25, 0.3) is 0 Å². The number of hydrogen-bond donors (Lipinski definition) is 1. The first kappa shape index (κ1) is 13.4. The fourth-order valence-electron chi connectivity index (χ4n) is 2.14. The van der Waals surface area contributed by atoms with Crippen molar-refractivity contribution < 1.29 is 14.1 Å². The molecule has 1 fully saturated rings. The molecule has 0 aromatic heterocycles. The number of rotatable bonds is 3. The van der Waals surface area contributed by atoms with Crippen LogP contribution in [0.5, 0.6) is 0 Å². The van der Waals surface area contributed by atoms with Gasteiger partial charge in [-0.15, -0.1) is 0 Å². The largest absolute Gasteiger partial charge is 0.337 e. The molecule has 0 bridgehead atoms. The molecule has 1 amide bonds. The van der Waals surface area contributed by atoms with Crippen molar-refractivity contribution >= 4 is 11.6 Å². The van der Waals surface area contributed by atoms with Gasteiger partial charge >= 0.3 is 0 Å². The van der Waals surface area contributed by atoms with Gasteiger partial charge in [0, 0.05) is 31.3 Å². The molecule has 1 atom stereocenters. The van der Waals surface area contributed by atoms with Gasteiger partial charge in [-0.2, -0.15) is 0 Å². The van der Waals surface area contributed by atoms with Gasteiger partial charge in [0.1, 0.15) is 5.82 Å². The number of nitrogens with one attached hydrogen (secondary N) is 1. The van der Waals surface area contributed by atoms with E-state index >= 15 is 0 Å². The summed E-state index contributed by atoms with van der Waals surface area (Å²) in [6, 6.07) is 2.96. The summed E-state index contributed by atoms with van der Waals surface area (Å²) in [7, 11) is 1.62. The number of hydrogen-bond acceptors (Lipinski definition) is 4. The highest BCUT2D eigenvalue weighted by atomic mass is 19.1. The van der Waals surface area contributed by atoms with Crippen LogP contribution < -0.4 is 5.32 Å². The molecule has 6 nitrogen and oxygen atoms in total. The number of non-ortho nitro benzene ring substituents is 1. The first-order chi connectivity index (χ1) is 8.99. The molecule has 0 saturated carbocycles. The quantitative estimate of drug-likeness (QED) is 0.659. The zero-order valence-electron chi connectivity index (χ0n) is 10.4. The number of nitrogens with zero attached hydrogens (tertiary/aromatic N) is 2. The van der Waals surface area contributed by atoms with E-state index in [1.165, 1.54) is 4.90 Å². The second-order valence-corrected chi connectivity index (χ2v) is 4.52. The van der Waals surface area contributed by atoms with Crippen LogP contribution in [0, 0.1) is 15.9 Å². The third-order valence-corrected chi connectivity index (χ3v) is 3.24. The molecule has 0 aliphatic carbocycles. The molecule has 0 radical (unpaired) electrons. The number of carbonyl (C=O) groups is 1. The zero-order chi connectivity index (χ0) is 14.0. The van der Waals surface area contributed by atoms with Gasteiger partial charge in [0.15, 0.2) is 0 Å². The lowest BCUT2D eigenvalue weighted by molar-refractivity contribution is -0.385. The number of carbonyl (C=O) groups excluding carboxylic acids is 1. The summed E-state index contributed by atoms with van der Waals surface area (Å²) in [4.78, 5) is 23.6. The fourth-order valence-corrected chi connectivity index (χ4v) is 2.14. The normalized spacial score (nSPS) is 18.3. The summed E-state index contributed by atoms with van der Waals surface area (Å²) in [6.45, 7) is 1.51. The van der Waals surface area contributed by atoms with Crippen LogP contribution in [-0.2, 0) is 0 Å². The van der Waals surface area contributed by atoms with E-state index in [2.05, 4.69) is 5.32 Å². The topological polar surface area (TPSA) is 75.5 Å². The van der Waals surface area contributed by atoms with Gasteiger partial charge in [-0.1, -0.05) is 0 Å². The maximum atomic E-state index is 13.3. The van der Waals surface area contributed by atoms with E-state index < -0.39 is 22.3 Å². The Kier molecular flexibility index (Phi) is 3.75. The number of amides is 1. The highest BCUT2D eigenvalue weighted by molar-refractivity contribution is 5.95. The first-order valence-electron chi connectivity index (χ1n) is 5.92. The van der Waals surface area contributed by atoms with Crippen molar-refractivity contribution in [2.24, 2.45) is 0 Å². The maximum absolute atomic E-state index is 13.3. The van der Waals surface area contributed by atoms with E-state index in [-0.39, 0.29) is 11.6 Å². The molecule has 1 aliphatic heterocycles. The van der Waals surface area contributed by atoms with E-state index in [0.717, 1.165) is 31.2 Å². The summed E-state index contributed by atoms with van der Waals surface area (Å²) in [6.07, 6.45) is 0.819. The predicted molar refractivity (Wildman–Crippen MR) is 66.4 cm³/mol. The van der Waals surface area contributed by atoms with Crippen LogP contribution in [0.2, 0.25) is 0 Å². The molecule has 1 saturated heterocycles. The fraction of sp³-hybridized carbons (Fsp3) is 0.417. The Hall–Kier alpha value is -2.02. The Bertz CT molecular complexity index is 515. The monoisotopic (exact) mass is 267 g/mol. The SMILES string of the molecule is CN(C(=O)c1cc(F)cc([N+](=O)[O-])c1)C1CCNC1. The summed E-state index contributed by atoms with van der Waals surface area (Å²) in [5.74, 6) is -1.19. The van der Waals surface area contributed by atoms with Gasteiger partial charge in [0.25, 0.3) is 11.6 Å². The van der Waals surface area contributed by atoms with Gasteiger partial charge in [-0.3, -0.25) is 14.9 Å². The minimum Gasteiger partial charge on any atom is -0.337 e. The lowest BCUT2D eigenvalue weighted by Crippen LogP contribution is -2.38. The highest BCUT2D eigenvalue weighted by Gasteiger charge is 2.25. The number of likely N-dealkylation sites (N-methyl/N-ethyl adjacent to an activating group) is 1. The van der Waals surface area contributed by atoms with Crippen molar-refractivity contribution in [3.05, 3.63) is 39.7 Å². The molecule has 2 rings (SSSR count). The number of halogens is 1. The lowest BCUT2D eigenvalue weighted by atomic mass is 10.1. The molecule has 1 aromatic carbocycles. The summed E-state index contributed by atoms with van der Waals surface area (Å²) in [5, 5.41) is 13.8. The average Bonchev–Trinajstić information content (AvgIpc) is 2.90. The van der Waals surface area contributed by atoms with Crippen LogP contribution in [-0.4, -0.2) is 41.9 Å². The van der Waals surface area contributed by atoms with E-state index in [1.54, 1.807) is 7.05 Å². The minimum absolute atomic E-state index is 0.00102. The molecule has 7 heteroatoms. The third-order valence-electron chi connectivity index (χ3n) is 3.24. The number of benzene rings is 1. The molecule has 0 spiro atoms. The van der Waals surface area contributed by atoms with E-state index in [9.17, 15) is 19.3 Å². The van der Waals surface area contributed by atoms with Gasteiger partial charge < -0.3 is 10.2 Å². The maximum Gasteiger partial charge on any atom is 0.273 e. The van der Waals surface area contributed by atoms with Crippen molar-refractivity contribution in [1.82, 2.24) is 10.2 Å². The summed E-state index contributed by atoms with van der Waals surface area (Å²) < 4.78 is 13.3. The van der Waals surface area contributed by atoms with Crippen LogP contribution in [0.3, 0.4) is 0 Å². The van der Waals surface area contributed by atoms with Crippen LogP contribution in [0.15, 0.2) is 18.2 Å². The number of nitro groups is 1. The molecule has 102 valence electrons. The second kappa shape index (κ2) is 5.31. The second-order valence-electron chi connectivity index (χ2n) is 4.52. The van der Waals surface area contributed by atoms with E-state index in [0.29, 0.717) is 6.54 Å². The number of nitro benzene ring substituents is 1. The average molecular weight is 267 g/mol. The van der Waals surface area contributed by atoms with Crippen molar-refractivity contribution in [2.45, 2.75) is 12.5 Å². The summed E-state index contributed by atoms with van der Waals surface area (Å²) >= 11 is 0. The van der Waals surface area contributed by atoms with Crippen LogP contribution >= 0.6 is 0 Å². The van der Waals surface area contributed by atoms with Crippen LogP contribution in [0.1, 0.15) is 16.8 Å². The Morgan fingerprint density at radius 2 is 2.26 bits per heavy atom. The smallest absolute Gasteiger partial charge is 0.273 e. The van der Waals surface area contributed by atoms with Crippen LogP contribution in [0.4, 0.5) is 10.1 Å². The first-order valence-corrected chi connectivity index (χ1v) is 5.92. The lowest BCUT2D eigenvalue weighted by Gasteiger charge is -2.23. The Morgan fingerprint density at radius 1 is 1.53 bits per heavy atom. The molecule has 1 heterocycles. The molecular weight excluding hydrogens is 253 g/mol. The van der Waals surface area contributed by atoms with Crippen molar-refractivity contribution in [1.29, 1.82) is 0 Å². The molecule has 1 unspecified atom stereocenters. The Labute approximate surface area is 109 Å². The minimum atomic E-state index is -0.782. The zero-order valence-corrected chi connectivity index (χ0v) is 10.4. The van der Waals surface area contributed by atoms with Gasteiger partial charge in [-0.25, -0.2) is 4.39 Å². The molecule has 1 N–H and O–H groups in total. The molecular formula is C12H14FN3O3. The van der Waals surface area contributed by atoms with Gasteiger partial charge in [0.2, 0.25) is 0 Å². The van der Waals surface area contributed by atoms with E-state index in [4.69, 9.17) is 0 Å². The van der Waals surface area contributed by atoms with Crippen molar-refractivity contribution in [2.75, 3.05) is 20.1 Å².